The first-order valence-corrected chi connectivity index (χ1v) is 4.31. The summed E-state index contributed by atoms with van der Waals surface area (Å²) in [4.78, 5) is 22.0. The molecule has 0 saturated carbocycles. The smallest absolute Gasteiger partial charge is 0.338 e. The fourth-order valence-corrected chi connectivity index (χ4v) is 1.46. The molecule has 0 aliphatic rings. The molecular weight excluding hydrogens is 204 g/mol. The SMILES string of the molecule is COC(=O)c1cc(Cl)cc(C)c1C=O. The van der Waals surface area contributed by atoms with Crippen LogP contribution in [0, 0.1) is 6.92 Å². The zero-order chi connectivity index (χ0) is 10.7. The van der Waals surface area contributed by atoms with Crippen molar-refractivity contribution in [2.24, 2.45) is 0 Å². The molecule has 0 atom stereocenters. The fraction of sp³-hybridized carbons (Fsp3) is 0.200. The lowest BCUT2D eigenvalue weighted by Gasteiger charge is -2.06. The maximum atomic E-state index is 11.3. The minimum atomic E-state index is -0.558. The number of rotatable bonds is 2. The minimum absolute atomic E-state index is 0.201. The van der Waals surface area contributed by atoms with Gasteiger partial charge in [-0.15, -0.1) is 0 Å². The van der Waals surface area contributed by atoms with E-state index in [0.29, 0.717) is 22.4 Å². The van der Waals surface area contributed by atoms with Gasteiger partial charge >= 0.3 is 5.97 Å². The molecule has 3 nitrogen and oxygen atoms in total. The van der Waals surface area contributed by atoms with Gasteiger partial charge in [0, 0.05) is 10.6 Å². The highest BCUT2D eigenvalue weighted by Gasteiger charge is 2.14. The number of benzene rings is 1. The van der Waals surface area contributed by atoms with E-state index in [1.54, 1.807) is 13.0 Å². The number of ether oxygens (including phenoxy) is 1. The third-order valence-corrected chi connectivity index (χ3v) is 2.09. The van der Waals surface area contributed by atoms with Gasteiger partial charge in [-0.05, 0) is 24.6 Å². The van der Waals surface area contributed by atoms with Crippen molar-refractivity contribution in [2.75, 3.05) is 7.11 Å². The predicted octanol–water partition coefficient (Wildman–Crippen LogP) is 2.25. The number of aryl methyl sites for hydroxylation is 1. The molecule has 0 saturated heterocycles. The topological polar surface area (TPSA) is 43.4 Å². The summed E-state index contributed by atoms with van der Waals surface area (Å²) in [5.41, 5.74) is 1.18. The molecule has 0 amide bonds. The Bertz CT molecular complexity index is 385. The normalized spacial score (nSPS) is 9.64. The zero-order valence-electron chi connectivity index (χ0n) is 7.83. The van der Waals surface area contributed by atoms with Crippen LogP contribution in [-0.2, 0) is 4.74 Å². The quantitative estimate of drug-likeness (QED) is 0.558. The summed E-state index contributed by atoms with van der Waals surface area (Å²) in [6.45, 7) is 1.71. The lowest BCUT2D eigenvalue weighted by atomic mass is 10.0. The van der Waals surface area contributed by atoms with E-state index in [1.165, 1.54) is 13.2 Å². The van der Waals surface area contributed by atoms with Crippen molar-refractivity contribution in [3.63, 3.8) is 0 Å². The summed E-state index contributed by atoms with van der Waals surface area (Å²) in [6.07, 6.45) is 0.623. The number of methoxy groups -OCH3 is 1. The second-order valence-electron chi connectivity index (χ2n) is 2.79. The molecule has 1 rings (SSSR count). The van der Waals surface area contributed by atoms with Gasteiger partial charge < -0.3 is 4.74 Å². The van der Waals surface area contributed by atoms with E-state index in [0.717, 1.165) is 0 Å². The summed E-state index contributed by atoms with van der Waals surface area (Å²) >= 11 is 5.76. The monoisotopic (exact) mass is 212 g/mol. The Morgan fingerprint density at radius 1 is 1.50 bits per heavy atom. The highest BCUT2D eigenvalue weighted by Crippen LogP contribution is 2.19. The van der Waals surface area contributed by atoms with Crippen LogP contribution >= 0.6 is 11.6 Å². The predicted molar refractivity (Wildman–Crippen MR) is 52.9 cm³/mol. The number of hydrogen-bond acceptors (Lipinski definition) is 3. The van der Waals surface area contributed by atoms with Gasteiger partial charge in [0.1, 0.15) is 0 Å². The van der Waals surface area contributed by atoms with Gasteiger partial charge in [-0.2, -0.15) is 0 Å². The maximum absolute atomic E-state index is 11.3. The summed E-state index contributed by atoms with van der Waals surface area (Å²) in [5, 5.41) is 0.411. The van der Waals surface area contributed by atoms with Crippen LogP contribution in [0.5, 0.6) is 0 Å². The van der Waals surface area contributed by atoms with Crippen LogP contribution in [0.3, 0.4) is 0 Å². The standard InChI is InChI=1S/C10H9ClO3/c1-6-3-7(11)4-8(9(6)5-12)10(13)14-2/h3-5H,1-2H3. The average molecular weight is 213 g/mol. The lowest BCUT2D eigenvalue weighted by Crippen LogP contribution is -2.06. The number of halogens is 1. The summed E-state index contributed by atoms with van der Waals surface area (Å²) in [5.74, 6) is -0.558. The van der Waals surface area contributed by atoms with Gasteiger partial charge in [0.05, 0.1) is 12.7 Å². The van der Waals surface area contributed by atoms with Crippen molar-refractivity contribution in [1.29, 1.82) is 0 Å². The van der Waals surface area contributed by atoms with Crippen molar-refractivity contribution in [1.82, 2.24) is 0 Å². The third-order valence-electron chi connectivity index (χ3n) is 1.87. The van der Waals surface area contributed by atoms with Crippen LogP contribution in [0.25, 0.3) is 0 Å². The number of esters is 1. The van der Waals surface area contributed by atoms with E-state index in [-0.39, 0.29) is 5.56 Å². The summed E-state index contributed by atoms with van der Waals surface area (Å²) < 4.78 is 4.53. The molecule has 0 radical (unpaired) electrons. The zero-order valence-corrected chi connectivity index (χ0v) is 8.59. The molecule has 0 spiro atoms. The van der Waals surface area contributed by atoms with Crippen LogP contribution < -0.4 is 0 Å². The van der Waals surface area contributed by atoms with Crippen molar-refractivity contribution in [3.8, 4) is 0 Å². The highest BCUT2D eigenvalue weighted by molar-refractivity contribution is 6.31. The molecule has 0 unspecified atom stereocenters. The molecule has 1 aromatic rings. The van der Waals surface area contributed by atoms with Gasteiger partial charge in [0.15, 0.2) is 6.29 Å². The van der Waals surface area contributed by atoms with Gasteiger partial charge in [0.25, 0.3) is 0 Å². The van der Waals surface area contributed by atoms with E-state index in [4.69, 9.17) is 11.6 Å². The van der Waals surface area contributed by atoms with Crippen LogP contribution in [0.2, 0.25) is 5.02 Å². The molecule has 0 fully saturated rings. The largest absolute Gasteiger partial charge is 0.465 e. The van der Waals surface area contributed by atoms with E-state index < -0.39 is 5.97 Å². The number of carbonyl (C=O) groups excluding carboxylic acids is 2. The van der Waals surface area contributed by atoms with E-state index >= 15 is 0 Å². The molecule has 0 heterocycles. The molecule has 0 bridgehead atoms. The van der Waals surface area contributed by atoms with Crippen LogP contribution in [0.1, 0.15) is 26.3 Å². The first-order valence-electron chi connectivity index (χ1n) is 3.93. The van der Waals surface area contributed by atoms with E-state index in [1.807, 2.05) is 0 Å². The third kappa shape index (κ3) is 1.93. The molecule has 74 valence electrons. The number of hydrogen-bond donors (Lipinski definition) is 0. The number of carbonyl (C=O) groups is 2. The average Bonchev–Trinajstić information content (AvgIpc) is 2.15. The van der Waals surface area contributed by atoms with Gasteiger partial charge in [-0.3, -0.25) is 4.79 Å². The molecule has 4 heteroatoms. The molecule has 0 N–H and O–H groups in total. The Balaban J connectivity index is 3.39. The minimum Gasteiger partial charge on any atom is -0.465 e. The molecule has 0 aliphatic heterocycles. The molecule has 0 aromatic heterocycles. The van der Waals surface area contributed by atoms with Crippen LogP contribution in [0.4, 0.5) is 0 Å². The van der Waals surface area contributed by atoms with Crippen LogP contribution in [0.15, 0.2) is 12.1 Å². The highest BCUT2D eigenvalue weighted by atomic mass is 35.5. The fourth-order valence-electron chi connectivity index (χ4n) is 1.19. The van der Waals surface area contributed by atoms with Gasteiger partial charge in [-0.1, -0.05) is 11.6 Å². The Labute approximate surface area is 86.6 Å². The van der Waals surface area contributed by atoms with Crippen LogP contribution in [-0.4, -0.2) is 19.4 Å². The van der Waals surface area contributed by atoms with Crippen molar-refractivity contribution in [3.05, 3.63) is 33.8 Å². The van der Waals surface area contributed by atoms with Crippen molar-refractivity contribution < 1.29 is 14.3 Å². The second-order valence-corrected chi connectivity index (χ2v) is 3.23. The van der Waals surface area contributed by atoms with E-state index in [2.05, 4.69) is 4.74 Å². The van der Waals surface area contributed by atoms with Gasteiger partial charge in [-0.25, -0.2) is 4.79 Å². The maximum Gasteiger partial charge on any atom is 0.338 e. The summed E-state index contributed by atoms with van der Waals surface area (Å²) in [6, 6.07) is 3.04. The Kier molecular flexibility index (Phi) is 3.25. The molecular formula is C10H9ClO3. The summed E-state index contributed by atoms with van der Waals surface area (Å²) in [7, 11) is 1.26. The Morgan fingerprint density at radius 3 is 2.64 bits per heavy atom. The first kappa shape index (κ1) is 10.7. The lowest BCUT2D eigenvalue weighted by molar-refractivity contribution is 0.0598. The second kappa shape index (κ2) is 4.24. The molecule has 1 aromatic carbocycles. The molecule has 14 heavy (non-hydrogen) atoms. The van der Waals surface area contributed by atoms with E-state index in [9.17, 15) is 9.59 Å². The van der Waals surface area contributed by atoms with Gasteiger partial charge in [0.2, 0.25) is 0 Å². The molecule has 0 aliphatic carbocycles. The number of aldehydes is 1. The Morgan fingerprint density at radius 2 is 2.14 bits per heavy atom. The Hall–Kier alpha value is -1.35. The first-order chi connectivity index (χ1) is 6.60. The van der Waals surface area contributed by atoms with Crippen molar-refractivity contribution >= 4 is 23.9 Å². The van der Waals surface area contributed by atoms with Crippen molar-refractivity contribution in [2.45, 2.75) is 6.92 Å².